The van der Waals surface area contributed by atoms with Gasteiger partial charge in [-0.3, -0.25) is 38.2 Å². The Hall–Kier alpha value is -10.2. The van der Waals surface area contributed by atoms with Crippen LogP contribution in [0.25, 0.3) is 0 Å². The molecule has 3 aliphatic heterocycles. The Bertz CT molecular complexity index is 4570. The van der Waals surface area contributed by atoms with Gasteiger partial charge in [-0.2, -0.15) is 0 Å². The summed E-state index contributed by atoms with van der Waals surface area (Å²) in [5, 5.41) is 88.5. The minimum atomic E-state index is -2.42. The highest BCUT2D eigenvalue weighted by Gasteiger charge is 2.78. The van der Waals surface area contributed by atoms with Crippen LogP contribution in [0.2, 0.25) is 0 Å². The van der Waals surface area contributed by atoms with E-state index in [2.05, 4.69) is 36.9 Å². The first-order chi connectivity index (χ1) is 64.0. The van der Waals surface area contributed by atoms with Crippen molar-refractivity contribution in [1.29, 1.82) is 0 Å². The fraction of sp³-hybridized carbons (Fsp3) is 0.681. The fourth-order valence-electron chi connectivity index (χ4n) is 18.1. The normalized spacial score (nSPS) is 28.2. The van der Waals surface area contributed by atoms with Gasteiger partial charge in [0.2, 0.25) is 23.8 Å². The number of alkyl carbamates (subject to hydrolysis) is 2. The van der Waals surface area contributed by atoms with Gasteiger partial charge in [-0.1, -0.05) is 74.0 Å². The van der Waals surface area contributed by atoms with Crippen LogP contribution in [0, 0.1) is 22.7 Å². The number of fused-ring (bicyclic) bond motifs is 5. The van der Waals surface area contributed by atoms with E-state index in [9.17, 15) is 83.4 Å². The Kier molecular flexibility index (Phi) is 39.6. The Labute approximate surface area is 780 Å². The van der Waals surface area contributed by atoms with E-state index in [1.807, 2.05) is 0 Å². The molecule has 3 saturated heterocycles. The molecule has 3 aliphatic carbocycles. The van der Waals surface area contributed by atoms with Crippen molar-refractivity contribution in [2.24, 2.45) is 22.7 Å². The van der Waals surface area contributed by atoms with E-state index in [-0.39, 0.29) is 100 Å². The number of aromatic nitrogens is 3. The maximum atomic E-state index is 16.0. The van der Waals surface area contributed by atoms with Crippen LogP contribution in [0.5, 0.6) is 0 Å². The standard InChI is InChI=1S/C91H130N8O36/c1-15-124-79(112)53(38-55(101)41-93-63(103)42-94-62(102)35-27-33-54-43-99(98-97-54)37-26-24-34-56(81(114)125-16-2)95-85(116)132-75-69(107)59(129-83(122-14)72(75)110)45-126-84-71(109)70(108)68(106)58(130-84)44-119-11)32-23-25-36-92-64(104)46-123-47-65(105)131-74(67(51-28-19-17-20-29-51)96-86(117)135-87(5,6)7)82(115)128-57-40-91(118)78(133-80(113)52-30-21-18-22-31-52)76-89(10,77(111)73(121-13)66(49(57)3)88(91,8)9)60(120-12)39-61-90(76,48-127-61)134-50(4)100/h17-22,28-31,43,53,56-61,67-76,78,83-84,106-110,118H,15-16,23-27,32-42,44-48H2,1-14H3,(H,92,104)(H,93,103)(H,94,102)(H,95,116)(H,96,117)/t53-,56+,57+,58?,59?,60+,61-,67?,68-,69-,70+,71?,72?,73-,74-,75+,76+,78+,83+,84+,89-,90+,91-/m1/s1. The number of aliphatic hydroxyl groups is 6. The smallest absolute Gasteiger partial charge is 0.408 e. The molecule has 2 saturated carbocycles. The van der Waals surface area contributed by atoms with E-state index in [0.717, 1.165) is 0 Å². The average molecular weight is 1910 g/mol. The molecule has 6 aliphatic rings. The van der Waals surface area contributed by atoms with Crippen molar-refractivity contribution >= 4 is 77.3 Å². The number of hydrogen-bond donors (Lipinski definition) is 11. The Morgan fingerprint density at radius 2 is 1.35 bits per heavy atom. The lowest BCUT2D eigenvalue weighted by Gasteiger charge is -2.67. The van der Waals surface area contributed by atoms with Gasteiger partial charge in [0.25, 0.3) is 0 Å². The Balaban J connectivity index is 0.727. The molecule has 2 aromatic carbocycles. The van der Waals surface area contributed by atoms with E-state index in [4.69, 9.17) is 80.5 Å². The number of amides is 5. The third-order valence-corrected chi connectivity index (χ3v) is 25.0. The monoisotopic (exact) mass is 1910 g/mol. The zero-order chi connectivity index (χ0) is 99.0. The maximum Gasteiger partial charge on any atom is 0.408 e. The van der Waals surface area contributed by atoms with Crippen LogP contribution in [0.4, 0.5) is 9.59 Å². The molecule has 2 bridgehead atoms. The highest BCUT2D eigenvalue weighted by Crippen LogP contribution is 2.65. The highest BCUT2D eigenvalue weighted by atomic mass is 16.7. The van der Waals surface area contributed by atoms with Gasteiger partial charge in [0, 0.05) is 85.7 Å². The predicted octanol–water partition coefficient (Wildman–Crippen LogP) is 1.17. The van der Waals surface area contributed by atoms with Crippen LogP contribution in [-0.4, -0.2) is 338 Å². The molecule has 9 rings (SSSR count). The number of ketones is 2. The van der Waals surface area contributed by atoms with Crippen molar-refractivity contribution in [3.63, 3.8) is 0 Å². The fourth-order valence-corrected chi connectivity index (χ4v) is 18.1. The lowest BCUT2D eigenvalue weighted by atomic mass is 9.44. The molecule has 1 aromatic heterocycles. The number of aryl methyl sites for hydroxylation is 2. The number of unbranched alkanes of at least 4 members (excludes halogenated alkanes) is 2. The van der Waals surface area contributed by atoms with E-state index in [0.29, 0.717) is 37.9 Å². The summed E-state index contributed by atoms with van der Waals surface area (Å²) in [6.07, 6.45) is -24.1. The number of benzene rings is 2. The average Bonchev–Trinajstić information content (AvgIpc) is 0.925. The summed E-state index contributed by atoms with van der Waals surface area (Å²) >= 11 is 0. The van der Waals surface area contributed by atoms with E-state index in [1.54, 1.807) is 110 Å². The summed E-state index contributed by atoms with van der Waals surface area (Å²) in [6.45, 7) is 12.1. The van der Waals surface area contributed by atoms with Crippen LogP contribution in [0.3, 0.4) is 0 Å². The van der Waals surface area contributed by atoms with Gasteiger partial charge in [0.05, 0.1) is 80.7 Å². The number of nitrogens with one attached hydrogen (secondary N) is 5. The van der Waals surface area contributed by atoms with Crippen molar-refractivity contribution in [2.75, 3.05) is 94.3 Å². The van der Waals surface area contributed by atoms with Crippen molar-refractivity contribution in [1.82, 2.24) is 41.6 Å². The number of aliphatic hydroxyl groups excluding tert-OH is 5. The third-order valence-electron chi connectivity index (χ3n) is 25.0. The largest absolute Gasteiger partial charge is 0.466 e. The molecule has 11 N–H and O–H groups in total. The van der Waals surface area contributed by atoms with Gasteiger partial charge in [0.15, 0.2) is 35.9 Å². The molecule has 5 amide bonds. The zero-order valence-electron chi connectivity index (χ0n) is 78.4. The van der Waals surface area contributed by atoms with Crippen LogP contribution in [0.1, 0.15) is 168 Å². The minimum Gasteiger partial charge on any atom is -0.466 e. The number of rotatable bonds is 47. The first-order valence-corrected chi connectivity index (χ1v) is 45.0. The van der Waals surface area contributed by atoms with Crippen molar-refractivity contribution in [2.45, 2.75) is 280 Å². The van der Waals surface area contributed by atoms with E-state index >= 15 is 9.59 Å². The van der Waals surface area contributed by atoms with Gasteiger partial charge >= 0.3 is 48.0 Å². The summed E-state index contributed by atoms with van der Waals surface area (Å²) in [6, 6.07) is 12.8. The number of carbonyl (C=O) groups excluding carboxylic acids is 13. The van der Waals surface area contributed by atoms with Gasteiger partial charge in [-0.15, -0.1) is 5.10 Å². The van der Waals surface area contributed by atoms with Crippen LogP contribution in [-0.2, 0) is 141 Å². The molecule has 0 spiro atoms. The number of carbonyl (C=O) groups is 13. The molecule has 0 radical (unpaired) electrons. The first-order valence-electron chi connectivity index (χ1n) is 45.0. The predicted molar refractivity (Wildman–Crippen MR) is 463 cm³/mol. The van der Waals surface area contributed by atoms with Gasteiger partial charge < -0.3 is 138 Å². The number of Topliss-reactive ketones (excluding diaryl/α,β-unsaturated/α-hetero) is 2. The Morgan fingerprint density at radius 3 is 1.99 bits per heavy atom. The number of ether oxygens (including phenoxy) is 17. The van der Waals surface area contributed by atoms with Crippen LogP contribution < -0.4 is 26.6 Å². The molecule has 4 heterocycles. The molecule has 44 heteroatoms. The second-order valence-electron chi connectivity index (χ2n) is 35.7. The van der Waals surface area contributed by atoms with Gasteiger partial charge in [0.1, 0.15) is 104 Å². The second-order valence-corrected chi connectivity index (χ2v) is 35.7. The second kappa shape index (κ2) is 49.2. The first kappa shape index (κ1) is 108. The zero-order valence-corrected chi connectivity index (χ0v) is 78.4. The van der Waals surface area contributed by atoms with Crippen LogP contribution >= 0.6 is 0 Å². The maximum absolute atomic E-state index is 16.0. The highest BCUT2D eigenvalue weighted by molar-refractivity contribution is 5.95. The number of hydrogen-bond acceptors (Lipinski definition) is 38. The summed E-state index contributed by atoms with van der Waals surface area (Å²) in [5.41, 5.74) is -7.61. The molecule has 5 fully saturated rings. The van der Waals surface area contributed by atoms with Gasteiger partial charge in [-0.05, 0) is 122 Å². The van der Waals surface area contributed by atoms with Crippen LogP contribution in [0.15, 0.2) is 78.0 Å². The summed E-state index contributed by atoms with van der Waals surface area (Å²) in [5.74, 6) is -11.2. The molecule has 3 aromatic rings. The molecule has 135 heavy (non-hydrogen) atoms. The van der Waals surface area contributed by atoms with Gasteiger partial charge in [-0.25, -0.2) is 28.8 Å². The lowest BCUT2D eigenvalue weighted by molar-refractivity contribution is -0.347. The molecular weight excluding hydrogens is 1780 g/mol. The third kappa shape index (κ3) is 27.2. The molecule has 5 unspecified atom stereocenters. The summed E-state index contributed by atoms with van der Waals surface area (Å²) < 4.78 is 99.2. The molecule has 750 valence electrons. The number of nitrogens with zero attached hydrogens (tertiary/aromatic N) is 3. The number of esters is 6. The van der Waals surface area contributed by atoms with E-state index < -0.39 is 266 Å². The van der Waals surface area contributed by atoms with Crippen molar-refractivity contribution in [3.8, 4) is 0 Å². The number of methoxy groups -OCH3 is 4. The Morgan fingerprint density at radius 1 is 0.681 bits per heavy atom. The summed E-state index contributed by atoms with van der Waals surface area (Å²) in [4.78, 5) is 179. The minimum absolute atomic E-state index is 0.000213. The molecule has 44 nitrogen and oxygen atoms in total. The quantitative estimate of drug-likeness (QED) is 0.0164. The molecular formula is C91H130N8O36. The molecule has 23 atom stereocenters. The topological polar surface area (TPSA) is 591 Å². The SMILES string of the molecule is CCOC(=O)[C@H](CCCCNC(=O)COCC(=O)O[C@@H](C(=O)O[C@H]1C[C@@]2(O)[C@@H](OC(=O)c3ccccc3)[C@@H]3[C@]4(OC(C)=O)CO[C@@H]4C[C@H](OC)[C@@]3(C)C(=O)[C@H](OC)C(=C1C)C2(C)C)C(NC(=O)OC(C)(C)C)c1ccccc1)CC(=O)CNC(=O)CNC(=O)CCCc1cn(CCCC[C@H](NC(=O)O[C@@H]2C(O)[C@@H](OC)OC(CO[C@H]3OC(COC)[C@@H](O)[C@H](O)C3O)[C@H]2O)C(=O)OCC)nn1. The van der Waals surface area contributed by atoms with Crippen molar-refractivity contribution < 1.29 is 173 Å². The van der Waals surface area contributed by atoms with E-state index in [1.165, 1.54) is 59.6 Å². The summed E-state index contributed by atoms with van der Waals surface area (Å²) in [7, 11) is 5.18. The lowest BCUT2D eigenvalue weighted by Crippen LogP contribution is -2.82. The van der Waals surface area contributed by atoms with Crippen molar-refractivity contribution in [3.05, 3.63) is 94.8 Å².